The fraction of sp³-hybridized carbons (Fsp3) is 0.188. The standard InChI is InChI=1S/C16H14N2O2S/c1-10-7-13(12-5-3-4-6-14(12)17-10)16-18-11(9-21-16)8-15(19)20-2/h3-7,9H,8H2,1-2H3. The van der Waals surface area contributed by atoms with Gasteiger partial charge in [0.25, 0.3) is 0 Å². The van der Waals surface area contributed by atoms with Crippen molar-refractivity contribution in [3.63, 3.8) is 0 Å². The van der Waals surface area contributed by atoms with E-state index >= 15 is 0 Å². The van der Waals surface area contributed by atoms with Gasteiger partial charge < -0.3 is 4.74 Å². The lowest BCUT2D eigenvalue weighted by molar-refractivity contribution is -0.139. The van der Waals surface area contributed by atoms with Crippen molar-refractivity contribution < 1.29 is 9.53 Å². The van der Waals surface area contributed by atoms with Gasteiger partial charge in [-0.25, -0.2) is 4.98 Å². The van der Waals surface area contributed by atoms with E-state index in [2.05, 4.69) is 14.7 Å². The molecule has 0 aliphatic heterocycles. The number of methoxy groups -OCH3 is 1. The predicted molar refractivity (Wildman–Crippen MR) is 83.3 cm³/mol. The van der Waals surface area contributed by atoms with Crippen LogP contribution >= 0.6 is 11.3 Å². The van der Waals surface area contributed by atoms with Crippen LogP contribution in [0.1, 0.15) is 11.4 Å². The maximum absolute atomic E-state index is 11.3. The Morgan fingerprint density at radius 3 is 2.90 bits per heavy atom. The topological polar surface area (TPSA) is 52.1 Å². The van der Waals surface area contributed by atoms with Crippen LogP contribution in [0.25, 0.3) is 21.5 Å². The zero-order chi connectivity index (χ0) is 14.8. The molecule has 0 unspecified atom stereocenters. The smallest absolute Gasteiger partial charge is 0.311 e. The minimum atomic E-state index is -0.275. The van der Waals surface area contributed by atoms with E-state index in [9.17, 15) is 4.79 Å². The van der Waals surface area contributed by atoms with Crippen LogP contribution in [0.4, 0.5) is 0 Å². The SMILES string of the molecule is COC(=O)Cc1csc(-c2cc(C)nc3ccccc23)n1. The van der Waals surface area contributed by atoms with Crippen molar-refractivity contribution in [2.75, 3.05) is 7.11 Å². The number of carbonyl (C=O) groups excluding carboxylic acids is 1. The number of pyridine rings is 1. The molecule has 0 aliphatic carbocycles. The Bertz CT molecular complexity index is 811. The number of ether oxygens (including phenoxy) is 1. The second kappa shape index (κ2) is 5.61. The highest BCUT2D eigenvalue weighted by molar-refractivity contribution is 7.13. The van der Waals surface area contributed by atoms with Crippen molar-refractivity contribution in [2.24, 2.45) is 0 Å². The Labute approximate surface area is 126 Å². The Kier molecular flexibility index (Phi) is 3.66. The van der Waals surface area contributed by atoms with E-state index in [4.69, 9.17) is 0 Å². The van der Waals surface area contributed by atoms with Gasteiger partial charge in [0.05, 0.1) is 24.7 Å². The van der Waals surface area contributed by atoms with Crippen LogP contribution in [-0.2, 0) is 16.0 Å². The summed E-state index contributed by atoms with van der Waals surface area (Å²) < 4.78 is 4.67. The van der Waals surface area contributed by atoms with E-state index in [0.29, 0.717) is 0 Å². The van der Waals surface area contributed by atoms with Crippen LogP contribution in [0.3, 0.4) is 0 Å². The minimum absolute atomic E-state index is 0.203. The number of hydrogen-bond acceptors (Lipinski definition) is 5. The Balaban J connectivity index is 2.06. The fourth-order valence-corrected chi connectivity index (χ4v) is 3.07. The lowest BCUT2D eigenvalue weighted by Gasteiger charge is -2.05. The third-order valence-corrected chi connectivity index (χ3v) is 4.10. The molecule has 0 aliphatic rings. The molecular formula is C16H14N2O2S. The molecule has 4 nitrogen and oxygen atoms in total. The summed E-state index contributed by atoms with van der Waals surface area (Å²) in [6.07, 6.45) is 0.203. The van der Waals surface area contributed by atoms with Gasteiger partial charge in [0.1, 0.15) is 5.01 Å². The summed E-state index contributed by atoms with van der Waals surface area (Å²) in [7, 11) is 1.38. The monoisotopic (exact) mass is 298 g/mol. The van der Waals surface area contributed by atoms with Gasteiger partial charge in [0.15, 0.2) is 0 Å². The van der Waals surface area contributed by atoms with Gasteiger partial charge in [-0.2, -0.15) is 0 Å². The van der Waals surface area contributed by atoms with Gasteiger partial charge in [0, 0.05) is 22.0 Å². The van der Waals surface area contributed by atoms with Crippen molar-refractivity contribution in [3.8, 4) is 10.6 Å². The van der Waals surface area contributed by atoms with E-state index in [1.165, 1.54) is 18.4 Å². The number of nitrogens with zero attached hydrogens (tertiary/aromatic N) is 2. The first kappa shape index (κ1) is 13.7. The van der Waals surface area contributed by atoms with Gasteiger partial charge in [-0.05, 0) is 19.1 Å². The molecule has 2 heterocycles. The molecule has 21 heavy (non-hydrogen) atoms. The quantitative estimate of drug-likeness (QED) is 0.696. The highest BCUT2D eigenvalue weighted by Crippen LogP contribution is 2.31. The molecular weight excluding hydrogens is 284 g/mol. The number of esters is 1. The second-order valence-electron chi connectivity index (χ2n) is 4.73. The number of carbonyl (C=O) groups is 1. The third kappa shape index (κ3) is 2.78. The molecule has 0 amide bonds. The molecule has 0 saturated heterocycles. The van der Waals surface area contributed by atoms with Crippen molar-refractivity contribution in [2.45, 2.75) is 13.3 Å². The van der Waals surface area contributed by atoms with Crippen molar-refractivity contribution in [1.82, 2.24) is 9.97 Å². The van der Waals surface area contributed by atoms with E-state index < -0.39 is 0 Å². The molecule has 106 valence electrons. The predicted octanol–water partition coefficient (Wildman–Crippen LogP) is 3.38. The van der Waals surface area contributed by atoms with Crippen LogP contribution in [0.5, 0.6) is 0 Å². The molecule has 3 aromatic rings. The summed E-state index contributed by atoms with van der Waals surface area (Å²) in [4.78, 5) is 20.4. The minimum Gasteiger partial charge on any atom is -0.469 e. The molecule has 0 N–H and O–H groups in total. The largest absolute Gasteiger partial charge is 0.469 e. The number of rotatable bonds is 3. The molecule has 0 fully saturated rings. The molecule has 0 atom stereocenters. The third-order valence-electron chi connectivity index (χ3n) is 3.18. The summed E-state index contributed by atoms with van der Waals surface area (Å²) in [5, 5.41) is 3.87. The summed E-state index contributed by atoms with van der Waals surface area (Å²) >= 11 is 1.53. The zero-order valence-electron chi connectivity index (χ0n) is 11.8. The average Bonchev–Trinajstić information content (AvgIpc) is 2.94. The normalized spacial score (nSPS) is 10.8. The molecule has 1 aromatic carbocycles. The van der Waals surface area contributed by atoms with Crippen LogP contribution in [0.15, 0.2) is 35.7 Å². The summed E-state index contributed by atoms with van der Waals surface area (Å²) in [5.74, 6) is -0.275. The van der Waals surface area contributed by atoms with E-state index in [-0.39, 0.29) is 12.4 Å². The maximum atomic E-state index is 11.3. The van der Waals surface area contributed by atoms with Gasteiger partial charge >= 0.3 is 5.97 Å². The summed E-state index contributed by atoms with van der Waals surface area (Å²) in [6, 6.07) is 10.0. The second-order valence-corrected chi connectivity index (χ2v) is 5.58. The highest BCUT2D eigenvalue weighted by atomic mass is 32.1. The lowest BCUT2D eigenvalue weighted by atomic mass is 10.1. The molecule has 0 spiro atoms. The van der Waals surface area contributed by atoms with E-state index in [1.54, 1.807) is 0 Å². The number of benzene rings is 1. The molecule has 0 radical (unpaired) electrons. The zero-order valence-corrected chi connectivity index (χ0v) is 12.6. The van der Waals surface area contributed by atoms with Gasteiger partial charge in [0.2, 0.25) is 0 Å². The molecule has 0 bridgehead atoms. The summed E-state index contributed by atoms with van der Waals surface area (Å²) in [5.41, 5.74) is 3.70. The number of aryl methyl sites for hydroxylation is 1. The molecule has 3 rings (SSSR count). The van der Waals surface area contributed by atoms with Crippen LogP contribution in [-0.4, -0.2) is 23.0 Å². The van der Waals surface area contributed by atoms with Crippen molar-refractivity contribution >= 4 is 28.2 Å². The Morgan fingerprint density at radius 1 is 1.29 bits per heavy atom. The first-order chi connectivity index (χ1) is 10.2. The Morgan fingerprint density at radius 2 is 2.10 bits per heavy atom. The van der Waals surface area contributed by atoms with E-state index in [0.717, 1.165) is 32.9 Å². The Hall–Kier alpha value is -2.27. The van der Waals surface area contributed by atoms with Crippen molar-refractivity contribution in [1.29, 1.82) is 0 Å². The highest BCUT2D eigenvalue weighted by Gasteiger charge is 2.12. The first-order valence-electron chi connectivity index (χ1n) is 6.55. The number of thiazole rings is 1. The number of para-hydroxylation sites is 1. The molecule has 2 aromatic heterocycles. The fourth-order valence-electron chi connectivity index (χ4n) is 2.22. The number of fused-ring (bicyclic) bond motifs is 1. The van der Waals surface area contributed by atoms with Crippen LogP contribution in [0.2, 0.25) is 0 Å². The molecule has 0 saturated carbocycles. The van der Waals surface area contributed by atoms with E-state index in [1.807, 2.05) is 42.6 Å². The van der Waals surface area contributed by atoms with Crippen LogP contribution < -0.4 is 0 Å². The lowest BCUT2D eigenvalue weighted by Crippen LogP contribution is -2.04. The van der Waals surface area contributed by atoms with Gasteiger partial charge in [-0.3, -0.25) is 9.78 Å². The average molecular weight is 298 g/mol. The number of aromatic nitrogens is 2. The summed E-state index contributed by atoms with van der Waals surface area (Å²) in [6.45, 7) is 1.97. The maximum Gasteiger partial charge on any atom is 0.311 e. The van der Waals surface area contributed by atoms with Crippen molar-refractivity contribution in [3.05, 3.63) is 47.1 Å². The van der Waals surface area contributed by atoms with Crippen LogP contribution in [0, 0.1) is 6.92 Å². The van der Waals surface area contributed by atoms with Gasteiger partial charge in [-0.15, -0.1) is 11.3 Å². The number of hydrogen-bond donors (Lipinski definition) is 0. The van der Waals surface area contributed by atoms with Gasteiger partial charge in [-0.1, -0.05) is 18.2 Å². The molecule has 5 heteroatoms. The first-order valence-corrected chi connectivity index (χ1v) is 7.43.